The van der Waals surface area contributed by atoms with Crippen molar-refractivity contribution >= 4 is 21.8 Å². The Bertz CT molecular complexity index is 997. The number of halogens is 1. The normalized spacial score (nSPS) is 17.0. The maximum atomic E-state index is 13.4. The van der Waals surface area contributed by atoms with Gasteiger partial charge in [-0.1, -0.05) is 12.1 Å². The maximum absolute atomic E-state index is 13.4. The predicted molar refractivity (Wildman–Crippen MR) is 122 cm³/mol. The molecule has 1 heterocycles. The summed E-state index contributed by atoms with van der Waals surface area (Å²) in [7, 11) is -3.79. The summed E-state index contributed by atoms with van der Waals surface area (Å²) in [5.41, 5.74) is 1.34. The summed E-state index contributed by atoms with van der Waals surface area (Å²) in [4.78, 5) is 12.7. The highest BCUT2D eigenvalue weighted by Crippen LogP contribution is 2.27. The lowest BCUT2D eigenvalue weighted by Crippen LogP contribution is -2.50. The summed E-state index contributed by atoms with van der Waals surface area (Å²) >= 11 is 0. The molecule has 1 saturated heterocycles. The smallest absolute Gasteiger partial charge is 0.304 e. The Morgan fingerprint density at radius 3 is 2.47 bits per heavy atom. The van der Waals surface area contributed by atoms with Crippen LogP contribution in [0.4, 0.5) is 10.1 Å². The molecule has 3 rings (SSSR count). The van der Waals surface area contributed by atoms with E-state index in [2.05, 4.69) is 5.32 Å². The first-order chi connectivity index (χ1) is 15.3. The van der Waals surface area contributed by atoms with Gasteiger partial charge in [-0.05, 0) is 68.7 Å². The standard InChI is InChI=1S/C23H30FN3O4S/c1-3-27(21-11-13-22(14-12-21)31-4-2)32(29,30)26-15-5-6-19(17-26)23(28)25-16-18-7-9-20(24)10-8-18/h7-14,19H,3-6,15-17H2,1-2H3,(H,25,28)/t19-/m0/s1. The van der Waals surface area contributed by atoms with Gasteiger partial charge in [0.05, 0.1) is 18.2 Å². The molecule has 0 radical (unpaired) electrons. The van der Waals surface area contributed by atoms with E-state index in [1.165, 1.54) is 20.7 Å². The number of anilines is 1. The van der Waals surface area contributed by atoms with Gasteiger partial charge in [0, 0.05) is 26.2 Å². The van der Waals surface area contributed by atoms with E-state index in [1.807, 2.05) is 6.92 Å². The zero-order chi connectivity index (χ0) is 23.1. The first kappa shape index (κ1) is 24.0. The van der Waals surface area contributed by atoms with Crippen molar-refractivity contribution in [3.63, 3.8) is 0 Å². The number of nitrogens with one attached hydrogen (secondary N) is 1. The Kier molecular flexibility index (Phi) is 8.09. The molecule has 7 nitrogen and oxygen atoms in total. The second-order valence-electron chi connectivity index (χ2n) is 7.64. The predicted octanol–water partition coefficient (Wildman–Crippen LogP) is 3.32. The molecule has 32 heavy (non-hydrogen) atoms. The van der Waals surface area contributed by atoms with Crippen molar-refractivity contribution in [1.82, 2.24) is 9.62 Å². The molecule has 1 atom stereocenters. The third-order valence-corrected chi connectivity index (χ3v) is 7.47. The zero-order valence-electron chi connectivity index (χ0n) is 18.5. The summed E-state index contributed by atoms with van der Waals surface area (Å²) in [6.45, 7) is 5.25. The summed E-state index contributed by atoms with van der Waals surface area (Å²) in [6.07, 6.45) is 1.23. The van der Waals surface area contributed by atoms with Crippen molar-refractivity contribution in [2.75, 3.05) is 30.5 Å². The van der Waals surface area contributed by atoms with Gasteiger partial charge in [0.25, 0.3) is 0 Å². The number of rotatable bonds is 9. The van der Waals surface area contributed by atoms with Gasteiger partial charge in [0.15, 0.2) is 0 Å². The maximum Gasteiger partial charge on any atom is 0.304 e. The Balaban J connectivity index is 1.66. The molecule has 0 aromatic heterocycles. The summed E-state index contributed by atoms with van der Waals surface area (Å²) in [5.74, 6) is -0.280. The molecule has 1 fully saturated rings. The second-order valence-corrected chi connectivity index (χ2v) is 9.49. The van der Waals surface area contributed by atoms with Crippen LogP contribution in [0.5, 0.6) is 5.75 Å². The summed E-state index contributed by atoms with van der Waals surface area (Å²) in [5, 5.41) is 2.84. The third kappa shape index (κ3) is 5.77. The molecule has 1 aliphatic heterocycles. The number of carbonyl (C=O) groups excluding carboxylic acids is 1. The molecule has 2 aromatic rings. The van der Waals surface area contributed by atoms with E-state index in [1.54, 1.807) is 43.3 Å². The number of hydrogen-bond donors (Lipinski definition) is 1. The number of amides is 1. The van der Waals surface area contributed by atoms with Gasteiger partial charge in [-0.2, -0.15) is 12.7 Å². The Hall–Kier alpha value is -2.65. The van der Waals surface area contributed by atoms with E-state index in [-0.39, 0.29) is 31.4 Å². The topological polar surface area (TPSA) is 79.0 Å². The lowest BCUT2D eigenvalue weighted by atomic mass is 9.99. The molecule has 2 aromatic carbocycles. The average Bonchev–Trinajstić information content (AvgIpc) is 2.80. The molecule has 0 saturated carbocycles. The molecule has 1 N–H and O–H groups in total. The van der Waals surface area contributed by atoms with Gasteiger partial charge in [-0.3, -0.25) is 9.10 Å². The largest absolute Gasteiger partial charge is 0.494 e. The molecule has 1 aliphatic rings. The number of piperidine rings is 1. The van der Waals surface area contributed by atoms with Crippen LogP contribution in [-0.4, -0.2) is 44.9 Å². The molecule has 1 amide bonds. The monoisotopic (exact) mass is 463 g/mol. The van der Waals surface area contributed by atoms with E-state index >= 15 is 0 Å². The minimum Gasteiger partial charge on any atom is -0.494 e. The number of carbonyl (C=O) groups is 1. The highest BCUT2D eigenvalue weighted by molar-refractivity contribution is 7.90. The van der Waals surface area contributed by atoms with Crippen LogP contribution in [-0.2, 0) is 21.5 Å². The Morgan fingerprint density at radius 1 is 1.16 bits per heavy atom. The quantitative estimate of drug-likeness (QED) is 0.619. The summed E-state index contributed by atoms with van der Waals surface area (Å²) in [6, 6.07) is 12.9. The van der Waals surface area contributed by atoms with Crippen LogP contribution >= 0.6 is 0 Å². The molecule has 9 heteroatoms. The van der Waals surface area contributed by atoms with Crippen molar-refractivity contribution in [3.05, 3.63) is 59.9 Å². The van der Waals surface area contributed by atoms with Crippen LogP contribution in [0, 0.1) is 11.7 Å². The van der Waals surface area contributed by atoms with Crippen molar-refractivity contribution in [3.8, 4) is 5.75 Å². The fourth-order valence-corrected chi connectivity index (χ4v) is 5.52. The van der Waals surface area contributed by atoms with Gasteiger partial charge < -0.3 is 10.1 Å². The summed E-state index contributed by atoms with van der Waals surface area (Å²) < 4.78 is 47.9. The molecular formula is C23H30FN3O4S. The van der Waals surface area contributed by atoms with E-state index in [0.717, 1.165) is 5.56 Å². The van der Waals surface area contributed by atoms with Crippen molar-refractivity contribution in [1.29, 1.82) is 0 Å². The number of nitrogens with zero attached hydrogens (tertiary/aromatic N) is 2. The van der Waals surface area contributed by atoms with Gasteiger partial charge >= 0.3 is 10.2 Å². The van der Waals surface area contributed by atoms with E-state index in [9.17, 15) is 17.6 Å². The van der Waals surface area contributed by atoms with Crippen molar-refractivity contribution in [2.45, 2.75) is 33.2 Å². The molecular weight excluding hydrogens is 433 g/mol. The van der Waals surface area contributed by atoms with Crippen LogP contribution in [0.1, 0.15) is 32.3 Å². The van der Waals surface area contributed by atoms with Gasteiger partial charge in [-0.25, -0.2) is 4.39 Å². The SMILES string of the molecule is CCOc1ccc(N(CC)S(=O)(=O)N2CCC[C@H](C(=O)NCc3ccc(F)cc3)C2)cc1. The Labute approximate surface area is 189 Å². The highest BCUT2D eigenvalue weighted by Gasteiger charge is 2.35. The Morgan fingerprint density at radius 2 is 1.84 bits per heavy atom. The van der Waals surface area contributed by atoms with E-state index in [4.69, 9.17) is 4.74 Å². The van der Waals surface area contributed by atoms with Crippen molar-refractivity contribution in [2.24, 2.45) is 5.92 Å². The number of hydrogen-bond acceptors (Lipinski definition) is 4. The lowest BCUT2D eigenvalue weighted by molar-refractivity contribution is -0.126. The highest BCUT2D eigenvalue weighted by atomic mass is 32.2. The first-order valence-electron chi connectivity index (χ1n) is 10.9. The minimum absolute atomic E-state index is 0.130. The van der Waals surface area contributed by atoms with Crippen LogP contribution in [0.25, 0.3) is 0 Å². The average molecular weight is 464 g/mol. The van der Waals surface area contributed by atoms with Crippen LogP contribution in [0.3, 0.4) is 0 Å². The second kappa shape index (κ2) is 10.8. The van der Waals surface area contributed by atoms with Crippen molar-refractivity contribution < 1.29 is 22.3 Å². The molecule has 0 unspecified atom stereocenters. The van der Waals surface area contributed by atoms with Gasteiger partial charge in [-0.15, -0.1) is 0 Å². The van der Waals surface area contributed by atoms with Gasteiger partial charge in [0.1, 0.15) is 11.6 Å². The minimum atomic E-state index is -3.79. The van der Waals surface area contributed by atoms with Crippen LogP contribution < -0.4 is 14.4 Å². The zero-order valence-corrected chi connectivity index (χ0v) is 19.3. The number of ether oxygens (including phenoxy) is 1. The third-order valence-electron chi connectivity index (χ3n) is 5.46. The number of benzene rings is 2. The van der Waals surface area contributed by atoms with Gasteiger partial charge in [0.2, 0.25) is 5.91 Å². The molecule has 0 aliphatic carbocycles. The molecule has 0 spiro atoms. The lowest BCUT2D eigenvalue weighted by Gasteiger charge is -2.35. The fraction of sp³-hybridized carbons (Fsp3) is 0.435. The van der Waals surface area contributed by atoms with E-state index < -0.39 is 16.1 Å². The van der Waals surface area contributed by atoms with Crippen LogP contribution in [0.2, 0.25) is 0 Å². The molecule has 174 valence electrons. The van der Waals surface area contributed by atoms with E-state index in [0.29, 0.717) is 37.4 Å². The van der Waals surface area contributed by atoms with Crippen LogP contribution in [0.15, 0.2) is 48.5 Å². The molecule has 0 bridgehead atoms. The fourth-order valence-electron chi connectivity index (χ4n) is 3.80. The first-order valence-corrected chi connectivity index (χ1v) is 12.3.